The molecule has 0 aromatic carbocycles. The van der Waals surface area contributed by atoms with Gasteiger partial charge in [-0.3, -0.25) is 0 Å². The fourth-order valence-electron chi connectivity index (χ4n) is 3.41. The Morgan fingerprint density at radius 2 is 1.52 bits per heavy atom. The van der Waals surface area contributed by atoms with Crippen molar-refractivity contribution in [1.82, 2.24) is 5.32 Å². The Kier molecular flexibility index (Phi) is 5.68. The van der Waals surface area contributed by atoms with Gasteiger partial charge in [0, 0.05) is 17.0 Å². The van der Waals surface area contributed by atoms with Gasteiger partial charge in [-0.1, -0.05) is 0 Å². The van der Waals surface area contributed by atoms with Crippen molar-refractivity contribution in [1.29, 1.82) is 0 Å². The van der Waals surface area contributed by atoms with Gasteiger partial charge < -0.3 is 19.9 Å². The highest BCUT2D eigenvalue weighted by Crippen LogP contribution is 2.38. The molecule has 0 aromatic heterocycles. The fourth-order valence-corrected chi connectivity index (χ4v) is 3.41. The first-order valence-corrected chi connectivity index (χ1v) is 7.64. The minimum absolute atomic E-state index is 0.0955. The molecular weight excluding hydrogens is 270 g/mol. The molecule has 1 aliphatic rings. The Morgan fingerprint density at radius 3 is 1.86 bits per heavy atom. The summed E-state index contributed by atoms with van der Waals surface area (Å²) in [6.07, 6.45) is 1.48. The molecule has 5 nitrogen and oxygen atoms in total. The van der Waals surface area contributed by atoms with E-state index in [0.29, 0.717) is 13.2 Å². The first-order valence-electron chi connectivity index (χ1n) is 7.64. The number of carboxylic acid groups (broad SMARTS) is 1. The minimum Gasteiger partial charge on any atom is -0.478 e. The van der Waals surface area contributed by atoms with Crippen LogP contribution in [0, 0.1) is 5.92 Å². The molecule has 0 unspecified atom stereocenters. The minimum atomic E-state index is -0.953. The lowest BCUT2D eigenvalue weighted by Crippen LogP contribution is -2.58. The van der Waals surface area contributed by atoms with Crippen LogP contribution in [0.1, 0.15) is 54.4 Å². The number of carbonyl (C=O) groups is 1. The van der Waals surface area contributed by atoms with E-state index in [4.69, 9.17) is 9.47 Å². The summed E-state index contributed by atoms with van der Waals surface area (Å²) >= 11 is 0. The second kappa shape index (κ2) is 6.69. The van der Waals surface area contributed by atoms with Gasteiger partial charge in [-0.2, -0.15) is 0 Å². The van der Waals surface area contributed by atoms with E-state index in [0.717, 1.165) is 12.8 Å². The van der Waals surface area contributed by atoms with Crippen LogP contribution in [-0.4, -0.2) is 35.4 Å². The highest BCUT2D eigenvalue weighted by atomic mass is 16.7. The number of hydrogen-bond donors (Lipinski definition) is 2. The first kappa shape index (κ1) is 17.8. The van der Waals surface area contributed by atoms with E-state index >= 15 is 0 Å². The predicted molar refractivity (Wildman–Crippen MR) is 81.9 cm³/mol. The lowest BCUT2D eigenvalue weighted by molar-refractivity contribution is -0.134. The number of rotatable bonds is 6. The number of ether oxygens (including phenoxy) is 2. The van der Waals surface area contributed by atoms with Crippen molar-refractivity contribution in [2.45, 2.75) is 65.5 Å². The number of aliphatic carboxylic acids is 1. The van der Waals surface area contributed by atoms with Gasteiger partial charge in [-0.25, -0.2) is 4.79 Å². The van der Waals surface area contributed by atoms with E-state index in [1.165, 1.54) is 0 Å². The van der Waals surface area contributed by atoms with E-state index in [1.807, 2.05) is 13.8 Å². The normalized spacial score (nSPS) is 20.7. The summed E-state index contributed by atoms with van der Waals surface area (Å²) in [5.74, 6) is -0.877. The maximum Gasteiger partial charge on any atom is 0.339 e. The largest absolute Gasteiger partial charge is 0.478 e. The molecule has 0 spiro atoms. The molecule has 0 bridgehead atoms. The Bertz CT molecular complexity index is 389. The lowest BCUT2D eigenvalue weighted by atomic mass is 9.73. The topological polar surface area (TPSA) is 67.8 Å². The number of carboxylic acids is 1. The van der Waals surface area contributed by atoms with Crippen molar-refractivity contribution in [3.05, 3.63) is 11.5 Å². The zero-order valence-electron chi connectivity index (χ0n) is 14.1. The zero-order valence-corrected chi connectivity index (χ0v) is 14.1. The molecule has 0 aromatic rings. The summed E-state index contributed by atoms with van der Waals surface area (Å²) in [5.41, 5.74) is 0.00850. The summed E-state index contributed by atoms with van der Waals surface area (Å²) < 4.78 is 10.9. The number of piperidine rings is 1. The van der Waals surface area contributed by atoms with Gasteiger partial charge in [0.15, 0.2) is 0 Å². The second-order valence-electron chi connectivity index (χ2n) is 6.87. The van der Waals surface area contributed by atoms with Crippen LogP contribution in [0.15, 0.2) is 11.5 Å². The molecule has 1 aliphatic heterocycles. The standard InChI is InChI=1S/C16H29NO4/c1-7-20-14(21-8-2)12(13(18)19)11-9-15(3,4)17-16(5,6)10-11/h11,17H,7-10H2,1-6H3,(H,18,19). The van der Waals surface area contributed by atoms with Gasteiger partial charge >= 0.3 is 5.97 Å². The predicted octanol–water partition coefficient (Wildman–Crippen LogP) is 2.91. The van der Waals surface area contributed by atoms with E-state index < -0.39 is 5.97 Å². The molecule has 0 aliphatic carbocycles. The van der Waals surface area contributed by atoms with Crippen LogP contribution >= 0.6 is 0 Å². The molecule has 1 fully saturated rings. The summed E-state index contributed by atoms with van der Waals surface area (Å²) in [7, 11) is 0. The Labute approximate surface area is 127 Å². The van der Waals surface area contributed by atoms with Crippen LogP contribution in [0.3, 0.4) is 0 Å². The van der Waals surface area contributed by atoms with Gasteiger partial charge in [-0.15, -0.1) is 0 Å². The van der Waals surface area contributed by atoms with E-state index in [9.17, 15) is 9.90 Å². The summed E-state index contributed by atoms with van der Waals surface area (Å²) in [6, 6.07) is 0. The van der Waals surface area contributed by atoms with Crippen LogP contribution < -0.4 is 5.32 Å². The molecule has 0 atom stereocenters. The molecule has 0 amide bonds. The third-order valence-electron chi connectivity index (χ3n) is 3.60. The molecule has 1 saturated heterocycles. The van der Waals surface area contributed by atoms with Crippen LogP contribution in [-0.2, 0) is 14.3 Å². The molecule has 1 rings (SSSR count). The molecule has 0 saturated carbocycles. The molecular formula is C16H29NO4. The molecule has 5 heteroatoms. The smallest absolute Gasteiger partial charge is 0.339 e. The average molecular weight is 299 g/mol. The average Bonchev–Trinajstić information content (AvgIpc) is 2.24. The first-order chi connectivity index (χ1) is 9.62. The number of nitrogens with one attached hydrogen (secondary N) is 1. The van der Waals surface area contributed by atoms with Crippen molar-refractivity contribution in [3.8, 4) is 0 Å². The van der Waals surface area contributed by atoms with E-state index in [-0.39, 0.29) is 28.5 Å². The van der Waals surface area contributed by atoms with Gasteiger partial charge in [-0.05, 0) is 54.4 Å². The fraction of sp³-hybridized carbons (Fsp3) is 0.812. The third-order valence-corrected chi connectivity index (χ3v) is 3.60. The molecule has 122 valence electrons. The monoisotopic (exact) mass is 299 g/mol. The highest BCUT2D eigenvalue weighted by molar-refractivity contribution is 5.87. The Hall–Kier alpha value is -1.23. The van der Waals surface area contributed by atoms with E-state index in [2.05, 4.69) is 33.0 Å². The Morgan fingerprint density at radius 1 is 1.10 bits per heavy atom. The van der Waals surface area contributed by atoms with E-state index in [1.54, 1.807) is 0 Å². The molecule has 1 heterocycles. The highest BCUT2D eigenvalue weighted by Gasteiger charge is 2.42. The maximum atomic E-state index is 11.8. The van der Waals surface area contributed by atoms with Crippen LogP contribution in [0.25, 0.3) is 0 Å². The van der Waals surface area contributed by atoms with Crippen LogP contribution in [0.4, 0.5) is 0 Å². The van der Waals surface area contributed by atoms with Gasteiger partial charge in [0.05, 0.1) is 13.2 Å². The van der Waals surface area contributed by atoms with Crippen LogP contribution in [0.5, 0.6) is 0 Å². The summed E-state index contributed by atoms with van der Waals surface area (Å²) in [4.78, 5) is 11.8. The van der Waals surface area contributed by atoms with Crippen molar-refractivity contribution in [2.75, 3.05) is 13.2 Å². The maximum absolute atomic E-state index is 11.8. The van der Waals surface area contributed by atoms with Crippen molar-refractivity contribution in [2.24, 2.45) is 5.92 Å². The number of hydrogen-bond acceptors (Lipinski definition) is 4. The van der Waals surface area contributed by atoms with Gasteiger partial charge in [0.25, 0.3) is 5.95 Å². The summed E-state index contributed by atoms with van der Waals surface area (Å²) in [6.45, 7) is 12.8. The van der Waals surface area contributed by atoms with Gasteiger partial charge in [0.2, 0.25) is 0 Å². The van der Waals surface area contributed by atoms with Crippen molar-refractivity contribution < 1.29 is 19.4 Å². The Balaban J connectivity index is 3.20. The quantitative estimate of drug-likeness (QED) is 0.583. The molecule has 0 radical (unpaired) electrons. The molecule has 2 N–H and O–H groups in total. The van der Waals surface area contributed by atoms with Gasteiger partial charge in [0.1, 0.15) is 5.57 Å². The SMILES string of the molecule is CCOC(OCC)=C(C(=O)O)C1CC(C)(C)NC(C)(C)C1. The van der Waals surface area contributed by atoms with Crippen LogP contribution in [0.2, 0.25) is 0 Å². The van der Waals surface area contributed by atoms with Crippen molar-refractivity contribution >= 4 is 5.97 Å². The van der Waals surface area contributed by atoms with Crippen molar-refractivity contribution in [3.63, 3.8) is 0 Å². The third kappa shape index (κ3) is 4.92. The lowest BCUT2D eigenvalue weighted by Gasteiger charge is -2.46. The second-order valence-corrected chi connectivity index (χ2v) is 6.87. The summed E-state index contributed by atoms with van der Waals surface area (Å²) in [5, 5.41) is 13.2. The molecule has 21 heavy (non-hydrogen) atoms. The zero-order chi connectivity index (χ0) is 16.3.